The Morgan fingerprint density at radius 3 is 2.33 bits per heavy atom. The van der Waals surface area contributed by atoms with Crippen LogP contribution in [0.2, 0.25) is 0 Å². The summed E-state index contributed by atoms with van der Waals surface area (Å²) in [5.41, 5.74) is 3.35. The lowest BCUT2D eigenvalue weighted by molar-refractivity contribution is -0.114. The van der Waals surface area contributed by atoms with Crippen molar-refractivity contribution >= 4 is 45.8 Å². The first kappa shape index (κ1) is 20.9. The van der Waals surface area contributed by atoms with Crippen LogP contribution in [-0.4, -0.2) is 23.0 Å². The van der Waals surface area contributed by atoms with Crippen LogP contribution >= 0.6 is 12.2 Å². The van der Waals surface area contributed by atoms with Gasteiger partial charge in [-0.05, 0) is 64.5 Å². The van der Waals surface area contributed by atoms with Gasteiger partial charge in [0, 0.05) is 7.05 Å². The number of carbonyl (C=O) groups excluding carboxylic acids is 1. The van der Waals surface area contributed by atoms with Gasteiger partial charge in [-0.25, -0.2) is 0 Å². The number of nitrogens with zero attached hydrogens (tertiary/aromatic N) is 2. The zero-order valence-corrected chi connectivity index (χ0v) is 19.0. The summed E-state index contributed by atoms with van der Waals surface area (Å²) in [6, 6.07) is 31.7. The molecule has 4 nitrogen and oxygen atoms in total. The second-order valence-corrected chi connectivity index (χ2v) is 8.21. The summed E-state index contributed by atoms with van der Waals surface area (Å²) in [5.74, 6) is 0.641. The summed E-state index contributed by atoms with van der Waals surface area (Å²) in [4.78, 5) is 16.4. The Bertz CT molecular complexity index is 1360. The third-order valence-corrected chi connectivity index (χ3v) is 6.19. The molecule has 0 bridgehead atoms. The predicted octanol–water partition coefficient (Wildman–Crippen LogP) is 6.02. The van der Waals surface area contributed by atoms with Crippen molar-refractivity contribution in [1.82, 2.24) is 4.90 Å². The SMILES string of the molecule is CN1C(=S)N(c2ccccc2)C(=O)/C1=C/c1ccc(OCc2cccc3ccccc23)cc1. The van der Waals surface area contributed by atoms with Crippen LogP contribution in [0, 0.1) is 0 Å². The second kappa shape index (κ2) is 8.88. The highest BCUT2D eigenvalue weighted by Crippen LogP contribution is 2.28. The van der Waals surface area contributed by atoms with E-state index >= 15 is 0 Å². The number of ether oxygens (including phenoxy) is 1. The van der Waals surface area contributed by atoms with Crippen LogP contribution in [0.25, 0.3) is 16.8 Å². The number of hydrogen-bond acceptors (Lipinski definition) is 3. The minimum atomic E-state index is -0.134. The molecular weight excluding hydrogens is 428 g/mol. The molecule has 5 heteroatoms. The fourth-order valence-corrected chi connectivity index (χ4v) is 4.25. The first-order chi connectivity index (χ1) is 16.1. The van der Waals surface area contributed by atoms with Crippen molar-refractivity contribution < 1.29 is 9.53 Å². The molecule has 0 atom stereocenters. The smallest absolute Gasteiger partial charge is 0.281 e. The Morgan fingerprint density at radius 2 is 1.55 bits per heavy atom. The highest BCUT2D eigenvalue weighted by atomic mass is 32.1. The number of hydrogen-bond donors (Lipinski definition) is 0. The predicted molar refractivity (Wildman–Crippen MR) is 137 cm³/mol. The first-order valence-corrected chi connectivity index (χ1v) is 11.1. The van der Waals surface area contributed by atoms with Gasteiger partial charge in [-0.3, -0.25) is 9.69 Å². The Balaban J connectivity index is 1.32. The number of thiocarbonyl (C=S) groups is 1. The fraction of sp³-hybridized carbons (Fsp3) is 0.0714. The van der Waals surface area contributed by atoms with E-state index in [1.54, 1.807) is 9.80 Å². The van der Waals surface area contributed by atoms with E-state index < -0.39 is 0 Å². The second-order valence-electron chi connectivity index (χ2n) is 7.84. The van der Waals surface area contributed by atoms with E-state index in [1.807, 2.05) is 79.9 Å². The largest absolute Gasteiger partial charge is 0.489 e. The molecule has 1 aliphatic rings. The topological polar surface area (TPSA) is 32.8 Å². The van der Waals surface area contributed by atoms with Gasteiger partial charge in [0.05, 0.1) is 5.69 Å². The average molecular weight is 451 g/mol. The number of benzene rings is 4. The van der Waals surface area contributed by atoms with E-state index in [2.05, 4.69) is 30.3 Å². The van der Waals surface area contributed by atoms with Gasteiger partial charge in [-0.1, -0.05) is 72.8 Å². The van der Waals surface area contributed by atoms with E-state index in [-0.39, 0.29) is 5.91 Å². The molecule has 1 amide bonds. The number of para-hydroxylation sites is 1. The van der Waals surface area contributed by atoms with Crippen LogP contribution in [0.4, 0.5) is 5.69 Å². The van der Waals surface area contributed by atoms with Crippen LogP contribution < -0.4 is 9.64 Å². The molecular formula is C28H22N2O2S. The van der Waals surface area contributed by atoms with E-state index in [9.17, 15) is 4.79 Å². The van der Waals surface area contributed by atoms with Crippen LogP contribution in [0.1, 0.15) is 11.1 Å². The Hall–Kier alpha value is -3.96. The quantitative estimate of drug-likeness (QED) is 0.275. The maximum atomic E-state index is 13.1. The Kier molecular flexibility index (Phi) is 5.63. The zero-order chi connectivity index (χ0) is 22.8. The first-order valence-electron chi connectivity index (χ1n) is 10.7. The molecule has 1 fully saturated rings. The van der Waals surface area contributed by atoms with Gasteiger partial charge in [0.15, 0.2) is 5.11 Å². The minimum Gasteiger partial charge on any atom is -0.489 e. The molecule has 0 radical (unpaired) electrons. The molecule has 162 valence electrons. The Morgan fingerprint density at radius 1 is 0.848 bits per heavy atom. The van der Waals surface area contributed by atoms with E-state index in [1.165, 1.54) is 10.8 Å². The third-order valence-electron chi connectivity index (χ3n) is 5.73. The number of carbonyl (C=O) groups is 1. The van der Waals surface area contributed by atoms with Crippen LogP contribution in [0.3, 0.4) is 0 Å². The maximum absolute atomic E-state index is 13.1. The van der Waals surface area contributed by atoms with Gasteiger partial charge < -0.3 is 9.64 Å². The monoisotopic (exact) mass is 450 g/mol. The van der Waals surface area contributed by atoms with Crippen molar-refractivity contribution in [2.75, 3.05) is 11.9 Å². The standard InChI is InChI=1S/C28H22N2O2S/c1-29-26(27(31)30(28(29)33)23-11-3-2-4-12-23)18-20-14-16-24(17-15-20)32-19-22-10-7-9-21-8-5-6-13-25(21)22/h2-18H,19H2,1H3/b26-18-. The molecule has 1 aliphatic heterocycles. The van der Waals surface area contributed by atoms with E-state index in [0.717, 1.165) is 22.6 Å². The number of amides is 1. The summed E-state index contributed by atoms with van der Waals surface area (Å²) < 4.78 is 6.03. The highest BCUT2D eigenvalue weighted by Gasteiger charge is 2.36. The van der Waals surface area contributed by atoms with Gasteiger partial charge in [0.25, 0.3) is 5.91 Å². The molecule has 0 aliphatic carbocycles. The average Bonchev–Trinajstić information content (AvgIpc) is 3.07. The van der Waals surface area contributed by atoms with Crippen molar-refractivity contribution in [2.45, 2.75) is 6.61 Å². The Labute approximate surface area is 198 Å². The molecule has 0 saturated carbocycles. The van der Waals surface area contributed by atoms with Crippen molar-refractivity contribution in [1.29, 1.82) is 0 Å². The van der Waals surface area contributed by atoms with Gasteiger partial charge in [0.1, 0.15) is 18.1 Å². The van der Waals surface area contributed by atoms with Gasteiger partial charge >= 0.3 is 0 Å². The molecule has 4 aromatic rings. The molecule has 0 unspecified atom stereocenters. The summed E-state index contributed by atoms with van der Waals surface area (Å²) in [6.45, 7) is 0.489. The number of fused-ring (bicyclic) bond motifs is 1. The third kappa shape index (κ3) is 4.11. The van der Waals surface area contributed by atoms with E-state index in [4.69, 9.17) is 17.0 Å². The fourth-order valence-electron chi connectivity index (χ4n) is 3.96. The van der Waals surface area contributed by atoms with Crippen LogP contribution in [0.15, 0.2) is 103 Å². The lowest BCUT2D eigenvalue weighted by atomic mass is 10.1. The summed E-state index contributed by atoms with van der Waals surface area (Å²) in [7, 11) is 1.82. The molecule has 0 aromatic heterocycles. The summed E-state index contributed by atoms with van der Waals surface area (Å²) >= 11 is 5.52. The molecule has 0 spiro atoms. The number of rotatable bonds is 5. The van der Waals surface area contributed by atoms with Crippen molar-refractivity contribution in [3.8, 4) is 5.75 Å². The molecule has 0 N–H and O–H groups in total. The number of likely N-dealkylation sites (N-methyl/N-ethyl adjacent to an activating group) is 1. The number of anilines is 1. The summed E-state index contributed by atoms with van der Waals surface area (Å²) in [6.07, 6.45) is 1.85. The molecule has 5 rings (SSSR count). The zero-order valence-electron chi connectivity index (χ0n) is 18.1. The molecule has 33 heavy (non-hydrogen) atoms. The lowest BCUT2D eigenvalue weighted by Crippen LogP contribution is -2.30. The highest BCUT2D eigenvalue weighted by molar-refractivity contribution is 7.80. The summed E-state index contributed by atoms with van der Waals surface area (Å²) in [5, 5.41) is 2.86. The minimum absolute atomic E-state index is 0.134. The van der Waals surface area contributed by atoms with Gasteiger partial charge in [-0.15, -0.1) is 0 Å². The lowest BCUT2D eigenvalue weighted by Gasteiger charge is -2.16. The van der Waals surface area contributed by atoms with Gasteiger partial charge in [0.2, 0.25) is 0 Å². The van der Waals surface area contributed by atoms with Crippen molar-refractivity contribution in [3.05, 3.63) is 114 Å². The molecule has 4 aromatic carbocycles. The molecule has 1 heterocycles. The van der Waals surface area contributed by atoms with Crippen LogP contribution in [-0.2, 0) is 11.4 Å². The van der Waals surface area contributed by atoms with Crippen molar-refractivity contribution in [2.24, 2.45) is 0 Å². The van der Waals surface area contributed by atoms with Crippen molar-refractivity contribution in [3.63, 3.8) is 0 Å². The normalized spacial score (nSPS) is 15.0. The maximum Gasteiger partial charge on any atom is 0.281 e. The van der Waals surface area contributed by atoms with E-state index in [0.29, 0.717) is 17.4 Å². The molecule has 1 saturated heterocycles. The van der Waals surface area contributed by atoms with Gasteiger partial charge in [-0.2, -0.15) is 0 Å². The van der Waals surface area contributed by atoms with Crippen LogP contribution in [0.5, 0.6) is 5.75 Å².